The molecule has 0 aromatic carbocycles. The lowest BCUT2D eigenvalue weighted by molar-refractivity contribution is -0.138. The largest absolute Gasteiger partial charge is 0.393 e. The van der Waals surface area contributed by atoms with E-state index in [1.165, 1.54) is 0 Å². The van der Waals surface area contributed by atoms with Gasteiger partial charge in [-0.3, -0.25) is 18.7 Å². The van der Waals surface area contributed by atoms with Crippen LogP contribution in [0.25, 0.3) is 0 Å². The Bertz CT molecular complexity index is 583. The molecule has 20 heavy (non-hydrogen) atoms. The van der Waals surface area contributed by atoms with E-state index in [0.29, 0.717) is 0 Å². The summed E-state index contributed by atoms with van der Waals surface area (Å²) in [6.45, 7) is -3.19. The Labute approximate surface area is 111 Å². The molecule has 0 unspecified atom stereocenters. The van der Waals surface area contributed by atoms with Crippen molar-refractivity contribution in [1.29, 1.82) is 0 Å². The van der Waals surface area contributed by atoms with Gasteiger partial charge in [0, 0.05) is 12.3 Å². The zero-order chi connectivity index (χ0) is 14.9. The Kier molecular flexibility index (Phi) is 4.02. The molecule has 0 bridgehead atoms. The molecule has 2 rings (SSSR count). The number of nitrogens with one attached hydrogen (secondary N) is 1. The number of hydrogen-bond donors (Lipinski definition) is 3. The Morgan fingerprint density at radius 2 is 2.15 bits per heavy atom. The first-order valence-corrected chi connectivity index (χ1v) is 5.89. The van der Waals surface area contributed by atoms with Gasteiger partial charge in [-0.05, 0) is 0 Å². The van der Waals surface area contributed by atoms with Gasteiger partial charge >= 0.3 is 5.69 Å². The SMILES string of the molecule is O=c1ccn([C@@H]2O[C@@](CO)(CF)[C@@H](O)[C@@H]2CF)c(=O)[nH]1. The van der Waals surface area contributed by atoms with Gasteiger partial charge in [0.1, 0.15) is 18.5 Å². The molecule has 7 nitrogen and oxygen atoms in total. The van der Waals surface area contributed by atoms with E-state index >= 15 is 0 Å². The lowest BCUT2D eigenvalue weighted by Gasteiger charge is -2.26. The third kappa shape index (κ3) is 2.17. The van der Waals surface area contributed by atoms with Gasteiger partial charge in [0.05, 0.1) is 25.3 Å². The number of aromatic nitrogens is 2. The molecule has 112 valence electrons. The molecule has 0 amide bonds. The molecule has 0 aliphatic carbocycles. The number of halogens is 2. The molecule has 3 N–H and O–H groups in total. The number of ether oxygens (including phenoxy) is 1. The fourth-order valence-electron chi connectivity index (χ4n) is 2.28. The van der Waals surface area contributed by atoms with Gasteiger partial charge in [0.25, 0.3) is 5.56 Å². The number of alkyl halides is 2. The average molecular weight is 292 g/mol. The van der Waals surface area contributed by atoms with Crippen molar-refractivity contribution >= 4 is 0 Å². The van der Waals surface area contributed by atoms with E-state index in [1.807, 2.05) is 4.98 Å². The van der Waals surface area contributed by atoms with Crippen LogP contribution in [0, 0.1) is 5.92 Å². The average Bonchev–Trinajstić information content (AvgIpc) is 2.71. The molecule has 2 heterocycles. The monoisotopic (exact) mass is 292 g/mol. The molecule has 4 atom stereocenters. The second-order valence-corrected chi connectivity index (χ2v) is 4.65. The van der Waals surface area contributed by atoms with Crippen LogP contribution in [0.1, 0.15) is 6.23 Å². The Morgan fingerprint density at radius 1 is 1.45 bits per heavy atom. The minimum Gasteiger partial charge on any atom is -0.393 e. The van der Waals surface area contributed by atoms with Crippen LogP contribution in [0.15, 0.2) is 21.9 Å². The highest BCUT2D eigenvalue weighted by molar-refractivity contribution is 5.01. The molecule has 0 spiro atoms. The van der Waals surface area contributed by atoms with E-state index in [2.05, 4.69) is 0 Å². The van der Waals surface area contributed by atoms with Crippen LogP contribution in [0.4, 0.5) is 8.78 Å². The van der Waals surface area contributed by atoms with Crippen molar-refractivity contribution in [3.05, 3.63) is 33.1 Å². The van der Waals surface area contributed by atoms with E-state index in [1.54, 1.807) is 0 Å². The lowest BCUT2D eigenvalue weighted by atomic mass is 9.92. The van der Waals surface area contributed by atoms with E-state index in [9.17, 15) is 28.6 Å². The Morgan fingerprint density at radius 3 is 2.65 bits per heavy atom. The highest BCUT2D eigenvalue weighted by atomic mass is 19.1. The predicted octanol–water partition coefficient (Wildman–Crippen LogP) is -1.29. The first-order chi connectivity index (χ1) is 9.49. The zero-order valence-electron chi connectivity index (χ0n) is 10.3. The van der Waals surface area contributed by atoms with Gasteiger partial charge in [-0.15, -0.1) is 0 Å². The van der Waals surface area contributed by atoms with Crippen molar-refractivity contribution in [2.24, 2.45) is 5.92 Å². The predicted molar refractivity (Wildman–Crippen MR) is 62.7 cm³/mol. The Hall–Kier alpha value is -1.58. The van der Waals surface area contributed by atoms with Crippen molar-refractivity contribution in [2.75, 3.05) is 20.0 Å². The highest BCUT2D eigenvalue weighted by Gasteiger charge is 2.55. The van der Waals surface area contributed by atoms with Crippen LogP contribution in [0.3, 0.4) is 0 Å². The fraction of sp³-hybridized carbons (Fsp3) is 0.636. The summed E-state index contributed by atoms with van der Waals surface area (Å²) in [5, 5.41) is 19.1. The van der Waals surface area contributed by atoms with Gasteiger partial charge in [0.2, 0.25) is 0 Å². The zero-order valence-corrected chi connectivity index (χ0v) is 10.3. The van der Waals surface area contributed by atoms with Crippen LogP contribution in [-0.2, 0) is 4.74 Å². The summed E-state index contributed by atoms with van der Waals surface area (Å²) in [4.78, 5) is 24.6. The summed E-state index contributed by atoms with van der Waals surface area (Å²) < 4.78 is 32.2. The summed E-state index contributed by atoms with van der Waals surface area (Å²) in [7, 11) is 0. The maximum absolute atomic E-state index is 13.1. The minimum atomic E-state index is -1.98. The summed E-state index contributed by atoms with van der Waals surface area (Å²) >= 11 is 0. The van der Waals surface area contributed by atoms with Gasteiger partial charge in [-0.25, -0.2) is 9.18 Å². The number of aromatic amines is 1. The molecule has 1 aromatic rings. The summed E-state index contributed by atoms with van der Waals surface area (Å²) in [5.41, 5.74) is -3.50. The first-order valence-electron chi connectivity index (χ1n) is 5.89. The van der Waals surface area contributed by atoms with E-state index < -0.39 is 55.1 Å². The topological polar surface area (TPSA) is 105 Å². The molecule has 1 aliphatic rings. The van der Waals surface area contributed by atoms with E-state index in [-0.39, 0.29) is 0 Å². The molecular formula is C11H14F2N2O5. The third-order valence-corrected chi connectivity index (χ3v) is 3.46. The van der Waals surface area contributed by atoms with Crippen LogP contribution >= 0.6 is 0 Å². The first kappa shape index (κ1) is 14.8. The molecule has 0 saturated carbocycles. The quantitative estimate of drug-likeness (QED) is 0.640. The number of H-pyrrole nitrogens is 1. The normalized spacial score (nSPS) is 33.5. The molecule has 1 aliphatic heterocycles. The van der Waals surface area contributed by atoms with Gasteiger partial charge in [-0.1, -0.05) is 0 Å². The number of rotatable bonds is 4. The third-order valence-electron chi connectivity index (χ3n) is 3.46. The van der Waals surface area contributed by atoms with Crippen LogP contribution in [-0.4, -0.2) is 51.4 Å². The molecule has 1 aromatic heterocycles. The molecule has 0 radical (unpaired) electrons. The summed E-state index contributed by atoms with van der Waals surface area (Å²) in [5.74, 6) is -1.23. The number of aliphatic hydroxyl groups excluding tert-OH is 2. The van der Waals surface area contributed by atoms with Gasteiger partial charge < -0.3 is 14.9 Å². The minimum absolute atomic E-state index is 0.652. The number of aliphatic hydroxyl groups is 2. The summed E-state index contributed by atoms with van der Waals surface area (Å²) in [6, 6.07) is 1.01. The number of hydrogen-bond acceptors (Lipinski definition) is 5. The highest BCUT2D eigenvalue weighted by Crippen LogP contribution is 2.41. The van der Waals surface area contributed by atoms with E-state index in [4.69, 9.17) is 4.74 Å². The maximum atomic E-state index is 13.1. The van der Waals surface area contributed by atoms with Crippen molar-refractivity contribution < 1.29 is 23.7 Å². The molecule has 1 saturated heterocycles. The van der Waals surface area contributed by atoms with Crippen LogP contribution in [0.5, 0.6) is 0 Å². The second-order valence-electron chi connectivity index (χ2n) is 4.65. The van der Waals surface area contributed by atoms with Gasteiger partial charge in [0.15, 0.2) is 0 Å². The smallest absolute Gasteiger partial charge is 0.330 e. The number of nitrogens with zero attached hydrogens (tertiary/aromatic N) is 1. The molecule has 1 fully saturated rings. The fourth-order valence-corrected chi connectivity index (χ4v) is 2.28. The van der Waals surface area contributed by atoms with Crippen molar-refractivity contribution in [3.63, 3.8) is 0 Å². The lowest BCUT2D eigenvalue weighted by Crippen LogP contribution is -2.47. The van der Waals surface area contributed by atoms with Crippen molar-refractivity contribution in [2.45, 2.75) is 17.9 Å². The van der Waals surface area contributed by atoms with Crippen molar-refractivity contribution in [1.82, 2.24) is 9.55 Å². The molecule has 9 heteroatoms. The standard InChI is InChI=1S/C11H14F2N2O5/c12-3-6-8(18)11(4-13,5-16)20-9(6)15-2-1-7(17)14-10(15)19/h1-2,6,8-9,16,18H,3-5H2,(H,14,17,19)/t6-,8-,9+,11+/m0/s1. The van der Waals surface area contributed by atoms with Gasteiger partial charge in [-0.2, -0.15) is 0 Å². The van der Waals surface area contributed by atoms with Crippen LogP contribution < -0.4 is 11.2 Å². The van der Waals surface area contributed by atoms with Crippen molar-refractivity contribution in [3.8, 4) is 0 Å². The molecular weight excluding hydrogens is 278 g/mol. The summed E-state index contributed by atoms with van der Waals surface area (Å²) in [6.07, 6.45) is -1.87. The Balaban J connectivity index is 2.46. The van der Waals surface area contributed by atoms with Crippen LogP contribution in [0.2, 0.25) is 0 Å². The van der Waals surface area contributed by atoms with E-state index in [0.717, 1.165) is 16.8 Å². The second kappa shape index (κ2) is 5.43. The maximum Gasteiger partial charge on any atom is 0.330 e.